The molecule has 0 fully saturated rings. The van der Waals surface area contributed by atoms with E-state index >= 15 is 0 Å². The van der Waals surface area contributed by atoms with Crippen LogP contribution in [0.25, 0.3) is 0 Å². The van der Waals surface area contributed by atoms with Gasteiger partial charge in [0, 0.05) is 17.0 Å². The van der Waals surface area contributed by atoms with Gasteiger partial charge in [-0.15, -0.1) is 11.8 Å². The van der Waals surface area contributed by atoms with E-state index < -0.39 is 10.5 Å². The minimum absolute atomic E-state index is 0.0233. The second-order valence-corrected chi connectivity index (χ2v) is 5.68. The van der Waals surface area contributed by atoms with E-state index in [9.17, 15) is 14.9 Å². The third-order valence-electron chi connectivity index (χ3n) is 2.29. The van der Waals surface area contributed by atoms with Gasteiger partial charge < -0.3 is 10.4 Å². The summed E-state index contributed by atoms with van der Waals surface area (Å²) >= 11 is 1.28. The molecule has 0 spiro atoms. The summed E-state index contributed by atoms with van der Waals surface area (Å²) in [5.74, 6) is 0.00346. The predicted octanol–water partition coefficient (Wildman–Crippen LogP) is 1.57. The van der Waals surface area contributed by atoms with Crippen molar-refractivity contribution in [3.8, 4) is 0 Å². The van der Waals surface area contributed by atoms with Crippen LogP contribution in [-0.2, 0) is 4.79 Å². The summed E-state index contributed by atoms with van der Waals surface area (Å²) in [6.07, 6.45) is 0. The molecule has 104 valence electrons. The molecule has 0 radical (unpaired) electrons. The Bertz CT molecular complexity index is 459. The van der Waals surface area contributed by atoms with Crippen molar-refractivity contribution in [2.75, 3.05) is 12.4 Å². The molecule has 0 aliphatic carbocycles. The number of nitrogens with zero attached hydrogens (tertiary/aromatic N) is 1. The number of aliphatic hydroxyl groups is 1. The fourth-order valence-electron chi connectivity index (χ4n) is 1.27. The third kappa shape index (κ3) is 5.27. The molecular weight excluding hydrogens is 268 g/mol. The number of carbonyl (C=O) groups excluding carboxylic acids is 1. The zero-order chi connectivity index (χ0) is 14.5. The molecule has 0 aliphatic rings. The Balaban J connectivity index is 2.48. The van der Waals surface area contributed by atoms with Crippen LogP contribution < -0.4 is 5.32 Å². The molecule has 1 rings (SSSR count). The van der Waals surface area contributed by atoms with Crippen LogP contribution >= 0.6 is 11.8 Å². The minimum Gasteiger partial charge on any atom is -0.394 e. The van der Waals surface area contributed by atoms with Gasteiger partial charge in [-0.2, -0.15) is 0 Å². The molecule has 1 amide bonds. The first-order valence-corrected chi connectivity index (χ1v) is 6.62. The maximum Gasteiger partial charge on any atom is 0.269 e. The van der Waals surface area contributed by atoms with Crippen molar-refractivity contribution >= 4 is 23.4 Å². The van der Waals surface area contributed by atoms with E-state index in [0.29, 0.717) is 0 Å². The van der Waals surface area contributed by atoms with Crippen molar-refractivity contribution in [3.63, 3.8) is 0 Å². The number of nitrogens with one attached hydrogen (secondary N) is 1. The highest BCUT2D eigenvalue weighted by Gasteiger charge is 2.18. The molecule has 0 saturated heterocycles. The lowest BCUT2D eigenvalue weighted by Crippen LogP contribution is -2.47. The van der Waals surface area contributed by atoms with E-state index in [1.54, 1.807) is 26.0 Å². The van der Waals surface area contributed by atoms with Crippen LogP contribution in [0, 0.1) is 10.1 Å². The standard InChI is InChI=1S/C12H16N2O4S/c1-12(2,8-15)13-11(16)7-19-10-5-3-9(4-6-10)14(17)18/h3-6,15H,7-8H2,1-2H3,(H,13,16). The van der Waals surface area contributed by atoms with Crippen LogP contribution in [0.15, 0.2) is 29.2 Å². The fourth-order valence-corrected chi connectivity index (χ4v) is 1.96. The van der Waals surface area contributed by atoms with Crippen LogP contribution in [-0.4, -0.2) is 33.8 Å². The molecule has 0 bridgehead atoms. The molecule has 0 heterocycles. The van der Waals surface area contributed by atoms with Crippen LogP contribution in [0.3, 0.4) is 0 Å². The van der Waals surface area contributed by atoms with Gasteiger partial charge in [0.25, 0.3) is 5.69 Å². The van der Waals surface area contributed by atoms with E-state index in [1.807, 2.05) is 0 Å². The van der Waals surface area contributed by atoms with Crippen molar-refractivity contribution in [3.05, 3.63) is 34.4 Å². The summed E-state index contributed by atoms with van der Waals surface area (Å²) < 4.78 is 0. The number of nitro groups is 1. The van der Waals surface area contributed by atoms with Crippen LogP contribution in [0.1, 0.15) is 13.8 Å². The summed E-state index contributed by atoms with van der Waals surface area (Å²) in [5, 5.41) is 22.2. The number of thioether (sulfide) groups is 1. The first-order chi connectivity index (χ1) is 8.84. The highest BCUT2D eigenvalue weighted by atomic mass is 32.2. The number of hydrogen-bond acceptors (Lipinski definition) is 5. The maximum absolute atomic E-state index is 11.6. The van der Waals surface area contributed by atoms with Gasteiger partial charge in [0.1, 0.15) is 0 Å². The normalized spacial score (nSPS) is 11.1. The molecule has 0 saturated carbocycles. The maximum atomic E-state index is 11.6. The van der Waals surface area contributed by atoms with Crippen molar-refractivity contribution in [1.29, 1.82) is 0 Å². The van der Waals surface area contributed by atoms with E-state index in [2.05, 4.69) is 5.32 Å². The van der Waals surface area contributed by atoms with Crippen LogP contribution in [0.2, 0.25) is 0 Å². The number of benzene rings is 1. The first kappa shape index (κ1) is 15.5. The van der Waals surface area contributed by atoms with Crippen molar-refractivity contribution in [1.82, 2.24) is 5.32 Å². The number of rotatable bonds is 6. The average Bonchev–Trinajstić information content (AvgIpc) is 2.36. The molecule has 6 nitrogen and oxygen atoms in total. The van der Waals surface area contributed by atoms with Crippen molar-refractivity contribution < 1.29 is 14.8 Å². The van der Waals surface area contributed by atoms with Crippen molar-refractivity contribution in [2.24, 2.45) is 0 Å². The summed E-state index contributed by atoms with van der Waals surface area (Å²) in [6.45, 7) is 3.31. The first-order valence-electron chi connectivity index (χ1n) is 5.63. The lowest BCUT2D eigenvalue weighted by atomic mass is 10.1. The number of nitro benzene ring substituents is 1. The second kappa shape index (κ2) is 6.53. The van der Waals surface area contributed by atoms with E-state index in [1.165, 1.54) is 23.9 Å². The lowest BCUT2D eigenvalue weighted by Gasteiger charge is -2.23. The third-order valence-corrected chi connectivity index (χ3v) is 3.30. The van der Waals surface area contributed by atoms with Gasteiger partial charge >= 0.3 is 0 Å². The Morgan fingerprint density at radius 2 is 2.00 bits per heavy atom. The highest BCUT2D eigenvalue weighted by molar-refractivity contribution is 8.00. The van der Waals surface area contributed by atoms with Crippen LogP contribution in [0.4, 0.5) is 5.69 Å². The monoisotopic (exact) mass is 284 g/mol. The molecule has 1 aromatic carbocycles. The molecule has 2 N–H and O–H groups in total. The molecule has 0 aromatic heterocycles. The summed E-state index contributed by atoms with van der Waals surface area (Å²) in [5.41, 5.74) is -0.622. The van der Waals surface area contributed by atoms with E-state index in [0.717, 1.165) is 4.90 Å². The molecular formula is C12H16N2O4S. The summed E-state index contributed by atoms with van der Waals surface area (Å²) in [7, 11) is 0. The number of amides is 1. The van der Waals surface area contributed by atoms with Gasteiger partial charge in [-0.1, -0.05) is 0 Å². The average molecular weight is 284 g/mol. The van der Waals surface area contributed by atoms with E-state index in [-0.39, 0.29) is 24.0 Å². The number of aliphatic hydroxyl groups excluding tert-OH is 1. The SMILES string of the molecule is CC(C)(CO)NC(=O)CSc1ccc([N+](=O)[O-])cc1. The molecule has 1 aromatic rings. The van der Waals surface area contributed by atoms with Gasteiger partial charge in [-0.05, 0) is 26.0 Å². The van der Waals surface area contributed by atoms with E-state index in [4.69, 9.17) is 5.11 Å². The Kier molecular flexibility index (Phi) is 5.31. The lowest BCUT2D eigenvalue weighted by molar-refractivity contribution is -0.384. The predicted molar refractivity (Wildman–Crippen MR) is 73.1 cm³/mol. The van der Waals surface area contributed by atoms with Gasteiger partial charge in [-0.25, -0.2) is 0 Å². The summed E-state index contributed by atoms with van der Waals surface area (Å²) in [6, 6.07) is 6.01. The molecule has 0 aliphatic heterocycles. The van der Waals surface area contributed by atoms with Gasteiger partial charge in [0.15, 0.2) is 0 Å². The van der Waals surface area contributed by atoms with Gasteiger partial charge in [0.05, 0.1) is 22.8 Å². The number of non-ortho nitro benzene ring substituents is 1. The zero-order valence-corrected chi connectivity index (χ0v) is 11.6. The molecule has 0 atom stereocenters. The molecule has 7 heteroatoms. The minimum atomic E-state index is -0.646. The van der Waals surface area contributed by atoms with Gasteiger partial charge in [0.2, 0.25) is 5.91 Å². The Morgan fingerprint density at radius 3 is 2.47 bits per heavy atom. The van der Waals surface area contributed by atoms with Gasteiger partial charge in [-0.3, -0.25) is 14.9 Å². The van der Waals surface area contributed by atoms with Crippen LogP contribution in [0.5, 0.6) is 0 Å². The zero-order valence-electron chi connectivity index (χ0n) is 10.8. The molecule has 0 unspecified atom stereocenters. The van der Waals surface area contributed by atoms with Crippen molar-refractivity contribution in [2.45, 2.75) is 24.3 Å². The summed E-state index contributed by atoms with van der Waals surface area (Å²) in [4.78, 5) is 22.4. The fraction of sp³-hybridized carbons (Fsp3) is 0.417. The number of carbonyl (C=O) groups is 1. The Morgan fingerprint density at radius 1 is 1.42 bits per heavy atom. The molecule has 19 heavy (non-hydrogen) atoms. The topological polar surface area (TPSA) is 92.5 Å². The number of hydrogen-bond donors (Lipinski definition) is 2. The second-order valence-electron chi connectivity index (χ2n) is 4.63. The Labute approximate surface area is 115 Å². The smallest absolute Gasteiger partial charge is 0.269 e. The highest BCUT2D eigenvalue weighted by Crippen LogP contribution is 2.21. The largest absolute Gasteiger partial charge is 0.394 e. The quantitative estimate of drug-likeness (QED) is 0.470. The Hall–Kier alpha value is -1.60.